The minimum atomic E-state index is -0.223. The van der Waals surface area contributed by atoms with E-state index in [1.54, 1.807) is 28.7 Å². The highest BCUT2D eigenvalue weighted by Gasteiger charge is 2.17. The van der Waals surface area contributed by atoms with Crippen molar-refractivity contribution in [2.24, 2.45) is 0 Å². The molecule has 5 aromatic rings. The summed E-state index contributed by atoms with van der Waals surface area (Å²) in [4.78, 5) is 25.7. The van der Waals surface area contributed by atoms with Crippen LogP contribution in [0, 0.1) is 0 Å². The summed E-state index contributed by atoms with van der Waals surface area (Å²) in [6.07, 6.45) is 1.64. The van der Waals surface area contributed by atoms with Crippen LogP contribution in [0.4, 0.5) is 5.69 Å². The number of para-hydroxylation sites is 4. The topological polar surface area (TPSA) is 90.5 Å². The van der Waals surface area contributed by atoms with Gasteiger partial charge >= 0.3 is 0 Å². The number of nitrogens with one attached hydrogen (secondary N) is 1. The molecule has 174 valence electrons. The van der Waals surface area contributed by atoms with Gasteiger partial charge in [-0.15, -0.1) is 16.8 Å². The molecule has 0 aliphatic heterocycles. The van der Waals surface area contributed by atoms with E-state index in [4.69, 9.17) is 4.74 Å². The zero-order chi connectivity index (χ0) is 24.2. The van der Waals surface area contributed by atoms with Crippen molar-refractivity contribution in [3.05, 3.63) is 102 Å². The van der Waals surface area contributed by atoms with Crippen molar-refractivity contribution in [3.63, 3.8) is 0 Å². The van der Waals surface area contributed by atoms with Gasteiger partial charge in [-0.1, -0.05) is 60.3 Å². The second kappa shape index (κ2) is 9.86. The van der Waals surface area contributed by atoms with Crippen molar-refractivity contribution in [2.45, 2.75) is 11.7 Å². The van der Waals surface area contributed by atoms with Gasteiger partial charge in [0.1, 0.15) is 5.75 Å². The van der Waals surface area contributed by atoms with E-state index < -0.39 is 0 Å². The van der Waals surface area contributed by atoms with E-state index in [-0.39, 0.29) is 17.2 Å². The highest BCUT2D eigenvalue weighted by atomic mass is 32.2. The number of aromatic nitrogens is 4. The number of nitrogens with zero attached hydrogens (tertiary/aromatic N) is 4. The fourth-order valence-electron chi connectivity index (χ4n) is 3.71. The van der Waals surface area contributed by atoms with Crippen LogP contribution >= 0.6 is 11.8 Å². The summed E-state index contributed by atoms with van der Waals surface area (Å²) in [5.41, 5.74) is 1.09. The van der Waals surface area contributed by atoms with Gasteiger partial charge in [-0.3, -0.25) is 18.6 Å². The molecule has 35 heavy (non-hydrogen) atoms. The molecule has 0 aliphatic rings. The largest absolute Gasteiger partial charge is 0.455 e. The second-order valence-corrected chi connectivity index (χ2v) is 8.53. The molecule has 1 N–H and O–H groups in total. The predicted molar refractivity (Wildman–Crippen MR) is 137 cm³/mol. The number of thioether (sulfide) groups is 1. The predicted octanol–water partition coefficient (Wildman–Crippen LogP) is 4.75. The molecule has 0 atom stereocenters. The van der Waals surface area contributed by atoms with Crippen LogP contribution in [0.3, 0.4) is 0 Å². The van der Waals surface area contributed by atoms with Gasteiger partial charge in [0.2, 0.25) is 11.7 Å². The zero-order valence-corrected chi connectivity index (χ0v) is 19.4. The Bertz CT molecular complexity index is 1590. The lowest BCUT2D eigenvalue weighted by molar-refractivity contribution is -0.113. The van der Waals surface area contributed by atoms with Gasteiger partial charge in [0.05, 0.1) is 22.3 Å². The van der Waals surface area contributed by atoms with Gasteiger partial charge in [0, 0.05) is 6.54 Å². The Morgan fingerprint density at radius 2 is 1.74 bits per heavy atom. The maximum absolute atomic E-state index is 12.9. The highest BCUT2D eigenvalue weighted by Crippen LogP contribution is 2.29. The number of fused-ring (bicyclic) bond motifs is 3. The number of benzene rings is 3. The van der Waals surface area contributed by atoms with Crippen LogP contribution in [0.1, 0.15) is 0 Å². The van der Waals surface area contributed by atoms with Crippen LogP contribution in [0.5, 0.6) is 11.5 Å². The molecule has 0 saturated heterocycles. The van der Waals surface area contributed by atoms with Crippen LogP contribution in [0.2, 0.25) is 0 Å². The molecule has 0 radical (unpaired) electrons. The maximum Gasteiger partial charge on any atom is 0.263 e. The fourth-order valence-corrected chi connectivity index (χ4v) is 4.45. The Kier molecular flexibility index (Phi) is 6.32. The van der Waals surface area contributed by atoms with Crippen LogP contribution in [-0.2, 0) is 11.3 Å². The normalized spacial score (nSPS) is 11.0. The monoisotopic (exact) mass is 483 g/mol. The SMILES string of the molecule is C=CCn1c(=O)c2ccccc2n2c(SCC(=O)Nc3ccccc3Oc3ccccc3)nnc12. The first kappa shape index (κ1) is 22.4. The Labute approximate surface area is 204 Å². The summed E-state index contributed by atoms with van der Waals surface area (Å²) in [5.74, 6) is 1.49. The van der Waals surface area contributed by atoms with Gasteiger partial charge in [0.15, 0.2) is 10.9 Å². The van der Waals surface area contributed by atoms with Gasteiger partial charge < -0.3 is 10.1 Å². The van der Waals surface area contributed by atoms with Gasteiger partial charge in [-0.25, -0.2) is 0 Å². The number of ether oxygens (including phenoxy) is 1. The second-order valence-electron chi connectivity index (χ2n) is 7.59. The van der Waals surface area contributed by atoms with Crippen molar-refractivity contribution < 1.29 is 9.53 Å². The summed E-state index contributed by atoms with van der Waals surface area (Å²) >= 11 is 1.24. The lowest BCUT2D eigenvalue weighted by Gasteiger charge is -2.12. The van der Waals surface area contributed by atoms with Crippen molar-refractivity contribution in [1.29, 1.82) is 0 Å². The van der Waals surface area contributed by atoms with Gasteiger partial charge in [-0.2, -0.15) is 0 Å². The van der Waals surface area contributed by atoms with E-state index in [1.807, 2.05) is 60.7 Å². The molecule has 9 heteroatoms. The molecule has 1 amide bonds. The number of allylic oxidation sites excluding steroid dienone is 1. The Morgan fingerprint density at radius 3 is 2.57 bits per heavy atom. The summed E-state index contributed by atoms with van der Waals surface area (Å²) < 4.78 is 9.24. The lowest BCUT2D eigenvalue weighted by Crippen LogP contribution is -2.22. The molecule has 0 aliphatic carbocycles. The van der Waals surface area contributed by atoms with Crippen LogP contribution < -0.4 is 15.6 Å². The van der Waals surface area contributed by atoms with E-state index in [1.165, 1.54) is 16.3 Å². The summed E-state index contributed by atoms with van der Waals surface area (Å²) in [6, 6.07) is 23.9. The molecule has 2 heterocycles. The first-order valence-electron chi connectivity index (χ1n) is 10.9. The molecule has 3 aromatic carbocycles. The van der Waals surface area contributed by atoms with Crippen LogP contribution in [0.15, 0.2) is 101 Å². The van der Waals surface area contributed by atoms with E-state index in [0.717, 1.165) is 0 Å². The number of carbonyl (C=O) groups is 1. The molecular weight excluding hydrogens is 462 g/mol. The first-order chi connectivity index (χ1) is 17.2. The fraction of sp³-hybridized carbons (Fsp3) is 0.0769. The smallest absolute Gasteiger partial charge is 0.263 e. The third kappa shape index (κ3) is 4.53. The van der Waals surface area contributed by atoms with E-state index in [0.29, 0.717) is 45.6 Å². The molecule has 5 rings (SSSR count). The minimum absolute atomic E-state index is 0.0926. The van der Waals surface area contributed by atoms with Crippen molar-refractivity contribution >= 4 is 40.0 Å². The molecule has 2 aromatic heterocycles. The number of rotatable bonds is 8. The Hall–Kier alpha value is -4.37. The van der Waals surface area contributed by atoms with Gasteiger partial charge in [-0.05, 0) is 36.4 Å². The average molecular weight is 484 g/mol. The maximum atomic E-state index is 12.9. The van der Waals surface area contributed by atoms with Crippen LogP contribution in [0.25, 0.3) is 16.7 Å². The summed E-state index contributed by atoms with van der Waals surface area (Å²) in [5, 5.41) is 12.4. The number of amides is 1. The molecule has 0 bridgehead atoms. The van der Waals surface area contributed by atoms with Crippen molar-refractivity contribution in [1.82, 2.24) is 19.2 Å². The standard InChI is InChI=1S/C26H21N5O3S/c1-2-16-30-24(33)19-12-6-8-14-21(19)31-25(30)28-29-26(31)35-17-23(32)27-20-13-7-9-15-22(20)34-18-10-4-3-5-11-18/h2-15H,1,16-17H2,(H,27,32). The van der Waals surface area contributed by atoms with Gasteiger partial charge in [0.25, 0.3) is 5.56 Å². The average Bonchev–Trinajstić information content (AvgIpc) is 3.31. The highest BCUT2D eigenvalue weighted by molar-refractivity contribution is 7.99. The summed E-state index contributed by atoms with van der Waals surface area (Å²) in [7, 11) is 0. The van der Waals surface area contributed by atoms with E-state index >= 15 is 0 Å². The number of carbonyl (C=O) groups excluding carboxylic acids is 1. The zero-order valence-electron chi connectivity index (χ0n) is 18.6. The van der Waals surface area contributed by atoms with Crippen molar-refractivity contribution in [2.75, 3.05) is 11.1 Å². The molecule has 0 saturated carbocycles. The summed E-state index contributed by atoms with van der Waals surface area (Å²) in [6.45, 7) is 4.04. The molecule has 0 unspecified atom stereocenters. The molecular formula is C26H21N5O3S. The third-order valence-corrected chi connectivity index (χ3v) is 6.18. The lowest BCUT2D eigenvalue weighted by atomic mass is 10.2. The van der Waals surface area contributed by atoms with E-state index in [2.05, 4.69) is 22.1 Å². The first-order valence-corrected chi connectivity index (χ1v) is 11.9. The van der Waals surface area contributed by atoms with E-state index in [9.17, 15) is 9.59 Å². The minimum Gasteiger partial charge on any atom is -0.455 e. The van der Waals surface area contributed by atoms with Crippen LogP contribution in [-0.4, -0.2) is 30.8 Å². The number of hydrogen-bond donors (Lipinski definition) is 1. The molecule has 0 fully saturated rings. The Morgan fingerprint density at radius 1 is 1.00 bits per heavy atom. The molecule has 0 spiro atoms. The third-order valence-electron chi connectivity index (χ3n) is 5.25. The Balaban J connectivity index is 1.39. The quantitative estimate of drug-likeness (QED) is 0.253. The van der Waals surface area contributed by atoms with Crippen molar-refractivity contribution in [3.8, 4) is 11.5 Å². The molecule has 8 nitrogen and oxygen atoms in total. The number of hydrogen-bond acceptors (Lipinski definition) is 6. The number of anilines is 1.